The third kappa shape index (κ3) is 6.24. The molecule has 0 radical (unpaired) electrons. The summed E-state index contributed by atoms with van der Waals surface area (Å²) in [5.41, 5.74) is 3.00. The molecule has 3 saturated carbocycles. The van der Waals surface area contributed by atoms with Crippen LogP contribution in [0, 0.1) is 29.1 Å². The van der Waals surface area contributed by atoms with Crippen molar-refractivity contribution in [3.05, 3.63) is 35.5 Å². The summed E-state index contributed by atoms with van der Waals surface area (Å²) in [5.74, 6) is 1.78. The minimum Gasteiger partial charge on any atom is -0.396 e. The van der Waals surface area contributed by atoms with Crippen molar-refractivity contribution in [3.8, 4) is 0 Å². The number of hydrogen-bond acceptors (Lipinski definition) is 4. The number of fused-ring (bicyclic) bond motifs is 1. The molecule has 4 heteroatoms. The second-order valence-electron chi connectivity index (χ2n) is 12.5. The van der Waals surface area contributed by atoms with Gasteiger partial charge in [0.2, 0.25) is 0 Å². The Morgan fingerprint density at radius 2 is 1.91 bits per heavy atom. The van der Waals surface area contributed by atoms with Crippen molar-refractivity contribution in [2.45, 2.75) is 116 Å². The molecule has 4 nitrogen and oxygen atoms in total. The highest BCUT2D eigenvalue weighted by Crippen LogP contribution is 2.60. The molecule has 0 heterocycles. The molecule has 3 aliphatic rings. The molecule has 194 valence electrons. The van der Waals surface area contributed by atoms with Crippen LogP contribution >= 0.6 is 0 Å². The van der Waals surface area contributed by atoms with Crippen molar-refractivity contribution in [3.63, 3.8) is 0 Å². The maximum absolute atomic E-state index is 10.7. The lowest BCUT2D eigenvalue weighted by Gasteiger charge is -2.44. The average molecular weight is 475 g/mol. The van der Waals surface area contributed by atoms with Crippen molar-refractivity contribution >= 4 is 0 Å². The Labute approximate surface area is 207 Å². The van der Waals surface area contributed by atoms with Crippen LogP contribution in [-0.2, 0) is 0 Å². The van der Waals surface area contributed by atoms with Gasteiger partial charge in [0.25, 0.3) is 0 Å². The predicted octanol–water partition coefficient (Wildman–Crippen LogP) is 5.70. The largest absolute Gasteiger partial charge is 0.396 e. The van der Waals surface area contributed by atoms with Crippen LogP contribution in [0.1, 0.15) is 98.3 Å². The zero-order valence-corrected chi connectivity index (χ0v) is 22.1. The molecule has 0 saturated heterocycles. The zero-order chi connectivity index (χ0) is 25.1. The van der Waals surface area contributed by atoms with Crippen molar-refractivity contribution in [1.82, 2.24) is 0 Å². The van der Waals surface area contributed by atoms with Crippen LogP contribution in [-0.4, -0.2) is 44.8 Å². The Kier molecular flexibility index (Phi) is 9.28. The van der Waals surface area contributed by atoms with Gasteiger partial charge in [-0.1, -0.05) is 51.0 Å². The molecule has 0 aliphatic heterocycles. The van der Waals surface area contributed by atoms with E-state index in [2.05, 4.69) is 32.6 Å². The summed E-state index contributed by atoms with van der Waals surface area (Å²) in [5, 5.41) is 40.6. The van der Waals surface area contributed by atoms with Gasteiger partial charge >= 0.3 is 0 Å². The van der Waals surface area contributed by atoms with Gasteiger partial charge in [0.1, 0.15) is 0 Å². The summed E-state index contributed by atoms with van der Waals surface area (Å²) >= 11 is 0. The Bertz CT molecular complexity index is 760. The molecule has 3 aliphatic carbocycles. The molecule has 0 bridgehead atoms. The average Bonchev–Trinajstić information content (AvgIpc) is 3.12. The van der Waals surface area contributed by atoms with E-state index >= 15 is 0 Å². The highest BCUT2D eigenvalue weighted by atomic mass is 16.3. The van der Waals surface area contributed by atoms with Gasteiger partial charge in [-0.2, -0.15) is 0 Å². The van der Waals surface area contributed by atoms with Gasteiger partial charge in [-0.25, -0.2) is 0 Å². The van der Waals surface area contributed by atoms with Crippen molar-refractivity contribution in [1.29, 1.82) is 0 Å². The first-order chi connectivity index (χ1) is 16.0. The normalized spacial score (nSPS) is 37.9. The lowest BCUT2D eigenvalue weighted by molar-refractivity contribution is 0.0112. The van der Waals surface area contributed by atoms with E-state index < -0.39 is 17.8 Å². The SMILES string of the molecule is C=C1/C(=C/C=C2\CCC[C@]3(C)[C@@H]([C@H](C)CCCC(C)(C)O)CC[C@@H]23)C[C@@H](O)[C@H](CCCO)[C@@H]1O. The lowest BCUT2D eigenvalue weighted by Crippen LogP contribution is -2.38. The Morgan fingerprint density at radius 1 is 1.18 bits per heavy atom. The van der Waals surface area contributed by atoms with Crippen molar-refractivity contribution < 1.29 is 20.4 Å². The smallest absolute Gasteiger partial charge is 0.0839 e. The predicted molar refractivity (Wildman–Crippen MR) is 139 cm³/mol. The van der Waals surface area contributed by atoms with E-state index in [0.29, 0.717) is 36.5 Å². The molecular weight excluding hydrogens is 424 g/mol. The first-order valence-electron chi connectivity index (χ1n) is 13.8. The van der Waals surface area contributed by atoms with E-state index in [-0.39, 0.29) is 12.5 Å². The molecule has 34 heavy (non-hydrogen) atoms. The third-order valence-electron chi connectivity index (χ3n) is 9.47. The van der Waals surface area contributed by atoms with Gasteiger partial charge < -0.3 is 20.4 Å². The van der Waals surface area contributed by atoms with Crippen LogP contribution in [0.5, 0.6) is 0 Å². The van der Waals surface area contributed by atoms with Gasteiger partial charge in [-0.15, -0.1) is 0 Å². The highest BCUT2D eigenvalue weighted by molar-refractivity contribution is 5.39. The second-order valence-corrected chi connectivity index (χ2v) is 12.5. The molecule has 7 atom stereocenters. The molecule has 0 amide bonds. The minimum absolute atomic E-state index is 0.0798. The molecule has 0 aromatic carbocycles. The molecular formula is C30H50O4. The fourth-order valence-corrected chi connectivity index (χ4v) is 7.50. The van der Waals surface area contributed by atoms with Gasteiger partial charge in [0.15, 0.2) is 0 Å². The van der Waals surface area contributed by atoms with Crippen LogP contribution in [0.3, 0.4) is 0 Å². The number of hydrogen-bond donors (Lipinski definition) is 4. The van der Waals surface area contributed by atoms with E-state index in [1.165, 1.54) is 37.7 Å². The van der Waals surface area contributed by atoms with Crippen molar-refractivity contribution in [2.75, 3.05) is 6.61 Å². The quantitative estimate of drug-likeness (QED) is 0.345. The fraction of sp³-hybridized carbons (Fsp3) is 0.800. The first kappa shape index (κ1) is 27.6. The van der Waals surface area contributed by atoms with Gasteiger partial charge in [0.05, 0.1) is 17.8 Å². The van der Waals surface area contributed by atoms with E-state index in [1.807, 2.05) is 13.8 Å². The molecule has 0 aromatic rings. The summed E-state index contributed by atoms with van der Waals surface area (Å²) in [4.78, 5) is 0. The first-order valence-corrected chi connectivity index (χ1v) is 13.8. The number of aliphatic hydroxyl groups excluding tert-OH is 3. The number of aliphatic hydroxyl groups is 4. The third-order valence-corrected chi connectivity index (χ3v) is 9.47. The van der Waals surface area contributed by atoms with Crippen LogP contribution < -0.4 is 0 Å². The van der Waals surface area contributed by atoms with Crippen LogP contribution in [0.25, 0.3) is 0 Å². The topological polar surface area (TPSA) is 80.9 Å². The van der Waals surface area contributed by atoms with Gasteiger partial charge in [-0.3, -0.25) is 0 Å². The van der Waals surface area contributed by atoms with Gasteiger partial charge in [-0.05, 0) is 106 Å². The van der Waals surface area contributed by atoms with Crippen LogP contribution in [0.15, 0.2) is 35.5 Å². The summed E-state index contributed by atoms with van der Waals surface area (Å²) in [7, 11) is 0. The summed E-state index contributed by atoms with van der Waals surface area (Å²) in [6, 6.07) is 0. The standard InChI is InChI=1S/C30H50O4/c1-20(9-6-16-29(3,4)34)25-14-15-26-22(10-7-17-30(25,26)5)12-13-23-19-27(32)24(11-8-18-31)28(33)21(23)2/h12-13,20,24-28,31-34H,2,6-11,14-19H2,1,3-5H3/b22-12+,23-13+/t20-,24+,25-,26+,27-,28-,30-/m1/s1. The highest BCUT2D eigenvalue weighted by Gasteiger charge is 2.50. The van der Waals surface area contributed by atoms with E-state index in [0.717, 1.165) is 36.3 Å². The van der Waals surface area contributed by atoms with Gasteiger partial charge in [0, 0.05) is 12.5 Å². The Hall–Kier alpha value is -0.940. The molecule has 3 fully saturated rings. The summed E-state index contributed by atoms with van der Waals surface area (Å²) < 4.78 is 0. The Balaban J connectivity index is 1.69. The number of rotatable bonds is 9. The maximum atomic E-state index is 10.7. The Morgan fingerprint density at radius 3 is 2.59 bits per heavy atom. The second kappa shape index (κ2) is 11.4. The molecule has 3 rings (SSSR count). The number of allylic oxidation sites excluding steroid dienone is 3. The maximum Gasteiger partial charge on any atom is 0.0839 e. The molecule has 0 spiro atoms. The van der Waals surface area contributed by atoms with E-state index in [9.17, 15) is 15.3 Å². The zero-order valence-electron chi connectivity index (χ0n) is 22.1. The summed E-state index contributed by atoms with van der Waals surface area (Å²) in [6.07, 6.45) is 14.2. The summed E-state index contributed by atoms with van der Waals surface area (Å²) in [6.45, 7) is 13.0. The molecule has 0 unspecified atom stereocenters. The van der Waals surface area contributed by atoms with Crippen LogP contribution in [0.4, 0.5) is 0 Å². The van der Waals surface area contributed by atoms with Crippen LogP contribution in [0.2, 0.25) is 0 Å². The molecule has 0 aromatic heterocycles. The lowest BCUT2D eigenvalue weighted by atomic mass is 9.60. The van der Waals surface area contributed by atoms with E-state index in [4.69, 9.17) is 5.11 Å². The molecule has 4 N–H and O–H groups in total. The van der Waals surface area contributed by atoms with E-state index in [1.54, 1.807) is 0 Å². The fourth-order valence-electron chi connectivity index (χ4n) is 7.50. The van der Waals surface area contributed by atoms with Crippen molar-refractivity contribution in [2.24, 2.45) is 29.1 Å². The monoisotopic (exact) mass is 474 g/mol. The minimum atomic E-state index is -0.739.